The topological polar surface area (TPSA) is 73.0 Å². The second kappa shape index (κ2) is 12.6. The van der Waals surface area contributed by atoms with Crippen LogP contribution in [0.3, 0.4) is 0 Å². The first-order chi connectivity index (χ1) is 22.9. The predicted molar refractivity (Wildman–Crippen MR) is 177 cm³/mol. The van der Waals surface area contributed by atoms with Crippen LogP contribution in [0.4, 0.5) is 23.7 Å². The minimum absolute atomic E-state index is 0.0466. The highest BCUT2D eigenvalue weighted by atomic mass is 35.5. The molecule has 3 aromatic rings. The molecule has 7 nitrogen and oxygen atoms in total. The molecule has 2 saturated heterocycles. The number of fused-ring (bicyclic) bond motifs is 1. The van der Waals surface area contributed by atoms with Crippen molar-refractivity contribution in [3.63, 3.8) is 0 Å². The molecule has 0 radical (unpaired) electrons. The van der Waals surface area contributed by atoms with Crippen LogP contribution in [0.15, 0.2) is 66.7 Å². The molecule has 0 bridgehead atoms. The quantitative estimate of drug-likeness (QED) is 0.291. The second-order valence-electron chi connectivity index (χ2n) is 13.5. The zero-order chi connectivity index (χ0) is 33.8. The lowest BCUT2D eigenvalue weighted by molar-refractivity contribution is -0.137. The zero-order valence-corrected chi connectivity index (χ0v) is 27.6. The van der Waals surface area contributed by atoms with Crippen molar-refractivity contribution in [3.8, 4) is 0 Å². The number of benzene rings is 3. The molecule has 1 spiro atoms. The smallest absolute Gasteiger partial charge is 0.342 e. The number of carbonyl (C=O) groups excluding carboxylic acids is 3. The van der Waals surface area contributed by atoms with Crippen LogP contribution < -0.4 is 5.32 Å². The Hall–Kier alpha value is -3.76. The fraction of sp³-hybridized carbons (Fsp3) is 0.417. The Kier molecular flexibility index (Phi) is 8.60. The summed E-state index contributed by atoms with van der Waals surface area (Å²) in [4.78, 5) is 46.5. The molecule has 2 aliphatic carbocycles. The summed E-state index contributed by atoms with van der Waals surface area (Å²) in [5.41, 5.74) is 0.934. The molecular weight excluding hydrogens is 664 g/mol. The van der Waals surface area contributed by atoms with E-state index in [4.69, 9.17) is 23.2 Å². The van der Waals surface area contributed by atoms with Crippen LogP contribution in [0.25, 0.3) is 0 Å². The Morgan fingerprint density at radius 1 is 0.854 bits per heavy atom. The van der Waals surface area contributed by atoms with Gasteiger partial charge in [-0.25, -0.2) is 4.79 Å². The number of hydrogen-bond donors (Lipinski definition) is 1. The third-order valence-electron chi connectivity index (χ3n) is 10.5. The molecule has 4 aliphatic rings. The normalized spacial score (nSPS) is 21.7. The van der Waals surface area contributed by atoms with Crippen molar-refractivity contribution in [1.82, 2.24) is 14.7 Å². The Bertz CT molecular complexity index is 1760. The van der Waals surface area contributed by atoms with Gasteiger partial charge in [-0.2, -0.15) is 13.2 Å². The number of halogens is 5. The molecule has 0 aromatic heterocycles. The van der Waals surface area contributed by atoms with Gasteiger partial charge in [0.2, 0.25) is 5.91 Å². The van der Waals surface area contributed by atoms with E-state index in [1.165, 1.54) is 11.0 Å². The highest BCUT2D eigenvalue weighted by Crippen LogP contribution is 2.50. The Labute approximate surface area is 287 Å². The maximum absolute atomic E-state index is 14.2. The van der Waals surface area contributed by atoms with Gasteiger partial charge in [0.1, 0.15) is 0 Å². The molecule has 1 saturated carbocycles. The number of rotatable bonds is 5. The standard InChI is InChI=1S/C36H35Cl2F3N4O3/c37-22-9-12-30(28(19-22)36(39,40)41)42-34(48)43-16-13-35(14-17-43)15-18-44(21-35)32(46)27-20-31(25-6-2-1-5-24(25)27)45(23-10-11-23)33(47)26-7-3-4-8-29(26)38/h1-9,12,19,23,27,31H,10-11,13-18,20-21H2,(H,42,48). The number of anilines is 1. The number of nitrogens with zero attached hydrogens (tertiary/aromatic N) is 3. The molecule has 2 atom stereocenters. The molecule has 7 rings (SSSR count). The van der Waals surface area contributed by atoms with Crippen LogP contribution in [0.1, 0.15) is 77.5 Å². The van der Waals surface area contributed by atoms with E-state index >= 15 is 0 Å². The highest BCUT2D eigenvalue weighted by Gasteiger charge is 2.49. The fourth-order valence-corrected chi connectivity index (χ4v) is 8.17. The number of piperidine rings is 1. The summed E-state index contributed by atoms with van der Waals surface area (Å²) in [5, 5.41) is 2.77. The molecule has 2 unspecified atom stereocenters. The van der Waals surface area contributed by atoms with Crippen LogP contribution in [-0.4, -0.2) is 64.8 Å². The monoisotopic (exact) mass is 698 g/mol. The van der Waals surface area contributed by atoms with E-state index in [2.05, 4.69) is 5.32 Å². The summed E-state index contributed by atoms with van der Waals surface area (Å²) in [5.74, 6) is -0.447. The third kappa shape index (κ3) is 6.25. The summed E-state index contributed by atoms with van der Waals surface area (Å²) in [6.07, 6.45) is -0.250. The van der Waals surface area contributed by atoms with E-state index in [0.29, 0.717) is 56.0 Å². The number of urea groups is 1. The van der Waals surface area contributed by atoms with Crippen LogP contribution in [0.5, 0.6) is 0 Å². The largest absolute Gasteiger partial charge is 0.418 e. The number of carbonyl (C=O) groups is 3. The van der Waals surface area contributed by atoms with E-state index in [9.17, 15) is 27.6 Å². The summed E-state index contributed by atoms with van der Waals surface area (Å²) in [6, 6.07) is 17.6. The summed E-state index contributed by atoms with van der Waals surface area (Å²) in [7, 11) is 0. The molecule has 3 aromatic carbocycles. The van der Waals surface area contributed by atoms with Gasteiger partial charge >= 0.3 is 12.2 Å². The van der Waals surface area contributed by atoms with Crippen molar-refractivity contribution < 1.29 is 27.6 Å². The first-order valence-electron chi connectivity index (χ1n) is 16.3. The number of likely N-dealkylation sites (tertiary alicyclic amines) is 2. The Morgan fingerprint density at radius 2 is 1.50 bits per heavy atom. The maximum Gasteiger partial charge on any atom is 0.418 e. The lowest BCUT2D eigenvalue weighted by atomic mass is 9.78. The van der Waals surface area contributed by atoms with Crippen molar-refractivity contribution in [3.05, 3.63) is 99.0 Å². The molecule has 3 fully saturated rings. The highest BCUT2D eigenvalue weighted by molar-refractivity contribution is 6.33. The van der Waals surface area contributed by atoms with E-state index in [1.54, 1.807) is 18.2 Å². The van der Waals surface area contributed by atoms with Gasteiger partial charge in [0, 0.05) is 37.2 Å². The molecular formula is C36H35Cl2F3N4O3. The molecule has 1 N–H and O–H groups in total. The zero-order valence-electron chi connectivity index (χ0n) is 26.1. The Morgan fingerprint density at radius 3 is 2.17 bits per heavy atom. The molecule has 48 heavy (non-hydrogen) atoms. The molecule has 4 amide bonds. The summed E-state index contributed by atoms with van der Waals surface area (Å²) < 4.78 is 40.7. The van der Waals surface area contributed by atoms with Gasteiger partial charge in [-0.1, -0.05) is 59.6 Å². The van der Waals surface area contributed by atoms with Gasteiger partial charge in [0.25, 0.3) is 5.91 Å². The van der Waals surface area contributed by atoms with Gasteiger partial charge < -0.3 is 20.0 Å². The predicted octanol–water partition coefficient (Wildman–Crippen LogP) is 8.39. The lowest BCUT2D eigenvalue weighted by Crippen LogP contribution is -2.46. The number of hydrogen-bond acceptors (Lipinski definition) is 3. The van der Waals surface area contributed by atoms with Gasteiger partial charge in [-0.3, -0.25) is 9.59 Å². The van der Waals surface area contributed by atoms with Crippen molar-refractivity contribution in [1.29, 1.82) is 0 Å². The van der Waals surface area contributed by atoms with Crippen LogP contribution in [-0.2, 0) is 11.0 Å². The molecule has 2 aliphatic heterocycles. The van der Waals surface area contributed by atoms with Crippen molar-refractivity contribution in [2.24, 2.45) is 5.41 Å². The van der Waals surface area contributed by atoms with E-state index < -0.39 is 17.8 Å². The summed E-state index contributed by atoms with van der Waals surface area (Å²) >= 11 is 12.2. The summed E-state index contributed by atoms with van der Waals surface area (Å²) in [6.45, 7) is 1.90. The number of alkyl halides is 3. The molecule has 2 heterocycles. The van der Waals surface area contributed by atoms with E-state index in [-0.39, 0.29) is 45.9 Å². The van der Waals surface area contributed by atoms with E-state index in [1.807, 2.05) is 40.1 Å². The average Bonchev–Trinajstić information content (AvgIpc) is 3.71. The lowest BCUT2D eigenvalue weighted by Gasteiger charge is -2.39. The minimum atomic E-state index is -4.67. The van der Waals surface area contributed by atoms with Crippen LogP contribution >= 0.6 is 23.2 Å². The molecule has 252 valence electrons. The first-order valence-corrected chi connectivity index (χ1v) is 17.1. The van der Waals surface area contributed by atoms with Gasteiger partial charge in [-0.05, 0) is 85.4 Å². The Balaban J connectivity index is 1.02. The van der Waals surface area contributed by atoms with Crippen molar-refractivity contribution in [2.75, 3.05) is 31.5 Å². The minimum Gasteiger partial charge on any atom is -0.342 e. The molecule has 12 heteroatoms. The van der Waals surface area contributed by atoms with Crippen LogP contribution in [0, 0.1) is 5.41 Å². The van der Waals surface area contributed by atoms with Gasteiger partial charge in [-0.15, -0.1) is 0 Å². The van der Waals surface area contributed by atoms with Gasteiger partial charge in [0.05, 0.1) is 33.8 Å². The maximum atomic E-state index is 14.2. The van der Waals surface area contributed by atoms with E-state index in [0.717, 1.165) is 42.5 Å². The van der Waals surface area contributed by atoms with Crippen molar-refractivity contribution in [2.45, 2.75) is 62.7 Å². The number of nitrogens with one attached hydrogen (secondary N) is 1. The number of amides is 4. The fourth-order valence-electron chi connectivity index (χ4n) is 7.78. The SMILES string of the molecule is O=C(Nc1ccc(Cl)cc1C(F)(F)F)N1CCC2(CC1)CCN(C(=O)C1CC(N(C(=O)c3ccccc3Cl)C3CC3)c3ccccc31)C2. The van der Waals surface area contributed by atoms with Crippen molar-refractivity contribution >= 4 is 46.7 Å². The average molecular weight is 700 g/mol. The van der Waals surface area contributed by atoms with Crippen LogP contribution in [0.2, 0.25) is 10.0 Å². The first kappa shape index (κ1) is 32.8. The van der Waals surface area contributed by atoms with Gasteiger partial charge in [0.15, 0.2) is 0 Å². The second-order valence-corrected chi connectivity index (χ2v) is 14.3. The third-order valence-corrected chi connectivity index (χ3v) is 11.1.